The summed E-state index contributed by atoms with van der Waals surface area (Å²) in [6.45, 7) is 0. The predicted octanol–water partition coefficient (Wildman–Crippen LogP) is 4.78. The Kier molecular flexibility index (Phi) is 4.79. The number of thiazole rings is 1. The molecular weight excluding hydrogens is 504 g/mol. The highest BCUT2D eigenvalue weighted by molar-refractivity contribution is 8.00. The van der Waals surface area contributed by atoms with E-state index >= 15 is 0 Å². The molecule has 178 valence electrons. The Bertz CT molecular complexity index is 1420. The molecule has 2 saturated carbocycles. The maximum Gasteiger partial charge on any atom is 0.305 e. The van der Waals surface area contributed by atoms with Gasteiger partial charge in [-0.1, -0.05) is 35.1 Å². The highest BCUT2D eigenvalue weighted by atomic mass is 35.5. The van der Waals surface area contributed by atoms with Crippen molar-refractivity contribution < 1.29 is 14.3 Å². The standard InChI is InChI=1S/C26H21ClN2O4S2/c1-33-14-8-2-11(3-9-14)17-18-15-10-16(21(18)34-23-22(17)35-26(32)28-23)20-19(15)24(30)29(25(20)31)13-6-4-12(27)5-7-13/h2-9,15-21H,10H2,1H3,(H,28,32)/t15?,16?,17-,18?,19?,20?,21?/m1/s1. The molecule has 35 heavy (non-hydrogen) atoms. The van der Waals surface area contributed by atoms with E-state index in [1.165, 1.54) is 16.2 Å². The molecule has 1 saturated heterocycles. The topological polar surface area (TPSA) is 79.5 Å². The lowest BCUT2D eigenvalue weighted by Crippen LogP contribution is -2.42. The van der Waals surface area contributed by atoms with Crippen molar-refractivity contribution in [3.63, 3.8) is 0 Å². The normalized spacial score (nSPS) is 32.5. The van der Waals surface area contributed by atoms with Crippen molar-refractivity contribution >= 4 is 52.2 Å². The lowest BCUT2D eigenvalue weighted by atomic mass is 9.68. The molecule has 2 aliphatic carbocycles. The van der Waals surface area contributed by atoms with Crippen molar-refractivity contribution in [2.24, 2.45) is 29.6 Å². The first-order valence-electron chi connectivity index (χ1n) is 11.6. The van der Waals surface area contributed by atoms with E-state index in [1.807, 2.05) is 12.1 Å². The summed E-state index contributed by atoms with van der Waals surface area (Å²) in [6, 6.07) is 14.9. The van der Waals surface area contributed by atoms with Crippen LogP contribution < -0.4 is 14.5 Å². The summed E-state index contributed by atoms with van der Waals surface area (Å²) in [5.74, 6) is 0.346. The van der Waals surface area contributed by atoms with Crippen molar-refractivity contribution in [1.82, 2.24) is 4.98 Å². The molecule has 0 radical (unpaired) electrons. The second kappa shape index (κ2) is 7.72. The first kappa shape index (κ1) is 21.7. The molecule has 3 aromatic rings. The number of methoxy groups -OCH3 is 1. The summed E-state index contributed by atoms with van der Waals surface area (Å²) in [7, 11) is 1.64. The fourth-order valence-corrected chi connectivity index (χ4v) is 10.1. The lowest BCUT2D eigenvalue weighted by Gasteiger charge is -2.43. The van der Waals surface area contributed by atoms with Gasteiger partial charge in [-0.3, -0.25) is 19.3 Å². The molecule has 7 atom stereocenters. The molecule has 1 aromatic heterocycles. The van der Waals surface area contributed by atoms with Crippen molar-refractivity contribution in [3.8, 4) is 5.75 Å². The van der Waals surface area contributed by atoms with Gasteiger partial charge in [0, 0.05) is 21.1 Å². The quantitative estimate of drug-likeness (QED) is 0.499. The second-order valence-corrected chi connectivity index (χ2v) is 12.4. The van der Waals surface area contributed by atoms with Gasteiger partial charge in [-0.2, -0.15) is 0 Å². The summed E-state index contributed by atoms with van der Waals surface area (Å²) in [4.78, 5) is 45.1. The molecule has 2 aromatic carbocycles. The van der Waals surface area contributed by atoms with Gasteiger partial charge in [0.1, 0.15) is 5.75 Å². The number of aromatic amines is 1. The van der Waals surface area contributed by atoms with Crippen LogP contribution in [0.1, 0.15) is 22.8 Å². The van der Waals surface area contributed by atoms with E-state index in [9.17, 15) is 14.4 Å². The van der Waals surface area contributed by atoms with E-state index in [0.29, 0.717) is 10.7 Å². The Morgan fingerprint density at radius 2 is 1.66 bits per heavy atom. The minimum atomic E-state index is -0.317. The van der Waals surface area contributed by atoms with Crippen LogP contribution in [-0.2, 0) is 9.59 Å². The number of halogens is 1. The van der Waals surface area contributed by atoms with Crippen LogP contribution in [0.3, 0.4) is 0 Å². The molecule has 7 rings (SSSR count). The number of ether oxygens (including phenoxy) is 1. The molecule has 3 fully saturated rings. The third-order valence-electron chi connectivity index (χ3n) is 8.28. The van der Waals surface area contributed by atoms with Gasteiger partial charge in [0.25, 0.3) is 0 Å². The van der Waals surface area contributed by atoms with E-state index in [1.54, 1.807) is 43.1 Å². The third kappa shape index (κ3) is 2.99. The number of nitrogens with one attached hydrogen (secondary N) is 1. The van der Waals surface area contributed by atoms with Crippen LogP contribution in [-0.4, -0.2) is 29.2 Å². The number of rotatable bonds is 3. The largest absolute Gasteiger partial charge is 0.497 e. The molecule has 2 aliphatic heterocycles. The van der Waals surface area contributed by atoms with Crippen LogP contribution >= 0.6 is 34.7 Å². The molecule has 9 heteroatoms. The molecule has 2 bridgehead atoms. The Balaban J connectivity index is 1.31. The van der Waals surface area contributed by atoms with Crippen LogP contribution in [0.25, 0.3) is 0 Å². The summed E-state index contributed by atoms with van der Waals surface area (Å²) in [5, 5.41) is 1.66. The average molecular weight is 525 g/mol. The van der Waals surface area contributed by atoms with Gasteiger partial charge in [0.05, 0.1) is 29.7 Å². The number of anilines is 1. The van der Waals surface area contributed by atoms with Crippen LogP contribution in [0.5, 0.6) is 5.75 Å². The number of benzene rings is 2. The number of nitrogens with zero attached hydrogens (tertiary/aromatic N) is 1. The Labute approximate surface area is 214 Å². The van der Waals surface area contributed by atoms with E-state index in [0.717, 1.165) is 27.6 Å². The van der Waals surface area contributed by atoms with Gasteiger partial charge in [-0.05, 0) is 66.1 Å². The number of thioether (sulfide) groups is 1. The lowest BCUT2D eigenvalue weighted by molar-refractivity contribution is -0.123. The highest BCUT2D eigenvalue weighted by Gasteiger charge is 2.69. The number of carbonyl (C=O) groups excluding carboxylic acids is 2. The number of fused-ring (bicyclic) bond motifs is 9. The number of aromatic nitrogens is 1. The van der Waals surface area contributed by atoms with Gasteiger partial charge >= 0.3 is 4.87 Å². The Morgan fingerprint density at radius 3 is 2.34 bits per heavy atom. The van der Waals surface area contributed by atoms with Crippen molar-refractivity contribution in [1.29, 1.82) is 0 Å². The Hall–Kier alpha value is -2.55. The van der Waals surface area contributed by atoms with Gasteiger partial charge in [-0.25, -0.2) is 0 Å². The van der Waals surface area contributed by atoms with Crippen molar-refractivity contribution in [3.05, 3.63) is 73.7 Å². The molecule has 2 amide bonds. The zero-order valence-electron chi connectivity index (χ0n) is 18.6. The molecule has 3 heterocycles. The summed E-state index contributed by atoms with van der Waals surface area (Å²) in [6.07, 6.45) is 0.870. The number of H-pyrrole nitrogens is 1. The van der Waals surface area contributed by atoms with Crippen LogP contribution in [0.4, 0.5) is 5.69 Å². The number of hydrogen-bond donors (Lipinski definition) is 1. The predicted molar refractivity (Wildman–Crippen MR) is 135 cm³/mol. The molecular formula is C26H21ClN2O4S2. The minimum Gasteiger partial charge on any atom is -0.497 e. The van der Waals surface area contributed by atoms with Gasteiger partial charge in [0.15, 0.2) is 0 Å². The van der Waals surface area contributed by atoms with E-state index in [-0.39, 0.29) is 57.4 Å². The van der Waals surface area contributed by atoms with Gasteiger partial charge in [0.2, 0.25) is 11.8 Å². The second-order valence-electron chi connectivity index (χ2n) is 9.72. The first-order valence-corrected chi connectivity index (χ1v) is 13.7. The van der Waals surface area contributed by atoms with E-state index in [4.69, 9.17) is 16.3 Å². The fourth-order valence-electron chi connectivity index (χ4n) is 7.05. The van der Waals surface area contributed by atoms with Gasteiger partial charge in [-0.15, -0.1) is 11.8 Å². The maximum absolute atomic E-state index is 13.7. The maximum atomic E-state index is 13.7. The zero-order valence-corrected chi connectivity index (χ0v) is 21.0. The molecule has 6 unspecified atom stereocenters. The van der Waals surface area contributed by atoms with Crippen molar-refractivity contribution in [2.45, 2.75) is 22.6 Å². The van der Waals surface area contributed by atoms with Crippen LogP contribution in [0, 0.1) is 29.6 Å². The van der Waals surface area contributed by atoms with Crippen LogP contribution in [0.2, 0.25) is 5.02 Å². The summed E-state index contributed by atoms with van der Waals surface area (Å²) in [5.41, 5.74) is 1.71. The fraction of sp³-hybridized carbons (Fsp3) is 0.346. The monoisotopic (exact) mass is 524 g/mol. The molecule has 0 spiro atoms. The van der Waals surface area contributed by atoms with Crippen molar-refractivity contribution in [2.75, 3.05) is 12.0 Å². The van der Waals surface area contributed by atoms with Gasteiger partial charge < -0.3 is 9.72 Å². The number of hydrogen-bond acceptors (Lipinski definition) is 6. The first-order chi connectivity index (χ1) is 17.0. The molecule has 6 nitrogen and oxygen atoms in total. The Morgan fingerprint density at radius 1 is 0.971 bits per heavy atom. The smallest absolute Gasteiger partial charge is 0.305 e. The summed E-state index contributed by atoms with van der Waals surface area (Å²) >= 11 is 9.01. The molecule has 4 aliphatic rings. The minimum absolute atomic E-state index is 0.00883. The number of carbonyl (C=O) groups is 2. The van der Waals surface area contributed by atoms with E-state index in [2.05, 4.69) is 17.1 Å². The highest BCUT2D eigenvalue weighted by Crippen LogP contribution is 2.68. The number of amides is 2. The third-order valence-corrected chi connectivity index (χ3v) is 11.1. The average Bonchev–Trinajstić information content (AvgIpc) is 3.59. The summed E-state index contributed by atoms with van der Waals surface area (Å²) < 4.78 is 5.36. The van der Waals surface area contributed by atoms with E-state index < -0.39 is 0 Å². The SMILES string of the molecule is COc1ccc([C@H]2c3sc(=O)[nH]c3SC3C4CC(C5C(=O)N(c6ccc(Cl)cc6)C(=O)C45)C32)cc1. The molecule has 1 N–H and O–H groups in total. The zero-order chi connectivity index (χ0) is 24.0. The number of imide groups is 1. The van der Waals surface area contributed by atoms with Crippen LogP contribution in [0.15, 0.2) is 58.4 Å².